The Labute approximate surface area is 194 Å². The molecule has 0 aromatic heterocycles. The molecule has 0 saturated heterocycles. The Balaban J connectivity index is 1.78. The van der Waals surface area contributed by atoms with Crippen molar-refractivity contribution in [3.8, 4) is 0 Å². The number of benzene rings is 2. The molecule has 1 saturated carbocycles. The van der Waals surface area contributed by atoms with Crippen LogP contribution in [0, 0.1) is 0 Å². The van der Waals surface area contributed by atoms with Crippen molar-refractivity contribution in [3.63, 3.8) is 0 Å². The molecule has 2 amide bonds. The van der Waals surface area contributed by atoms with Crippen LogP contribution >= 0.6 is 23.2 Å². The molecule has 2 aromatic carbocycles. The van der Waals surface area contributed by atoms with E-state index in [1.807, 2.05) is 55.5 Å². The lowest BCUT2D eigenvalue weighted by Crippen LogP contribution is -2.51. The van der Waals surface area contributed by atoms with Crippen molar-refractivity contribution in [1.82, 2.24) is 10.2 Å². The Kier molecular flexibility index (Phi) is 8.79. The van der Waals surface area contributed by atoms with Crippen LogP contribution in [0.15, 0.2) is 48.5 Å². The minimum Gasteiger partial charge on any atom is -0.352 e. The number of carbonyl (C=O) groups excluding carboxylic acids is 2. The summed E-state index contributed by atoms with van der Waals surface area (Å²) in [5, 5.41) is 4.41. The summed E-state index contributed by atoms with van der Waals surface area (Å²) in [5.41, 5.74) is 1.76. The first-order valence-corrected chi connectivity index (χ1v) is 11.8. The van der Waals surface area contributed by atoms with Gasteiger partial charge in [0.15, 0.2) is 0 Å². The van der Waals surface area contributed by atoms with Gasteiger partial charge in [-0.15, -0.1) is 0 Å². The normalized spacial score (nSPS) is 14.9. The number of carbonyl (C=O) groups is 2. The Bertz CT molecular complexity index is 897. The maximum Gasteiger partial charge on any atom is 0.243 e. The van der Waals surface area contributed by atoms with Gasteiger partial charge >= 0.3 is 0 Å². The van der Waals surface area contributed by atoms with E-state index < -0.39 is 6.04 Å². The average Bonchev–Trinajstić information content (AvgIpc) is 3.27. The number of rotatable bonds is 9. The monoisotopic (exact) mass is 460 g/mol. The first kappa shape index (κ1) is 23.6. The first-order chi connectivity index (χ1) is 15.0. The van der Waals surface area contributed by atoms with E-state index in [0.29, 0.717) is 29.4 Å². The van der Waals surface area contributed by atoms with Gasteiger partial charge in [-0.25, -0.2) is 0 Å². The molecule has 0 radical (unpaired) electrons. The summed E-state index contributed by atoms with van der Waals surface area (Å²) in [7, 11) is 0. The quantitative estimate of drug-likeness (QED) is 0.514. The Hall–Kier alpha value is -2.04. The zero-order chi connectivity index (χ0) is 22.2. The molecule has 0 aliphatic heterocycles. The van der Waals surface area contributed by atoms with Gasteiger partial charge in [0.1, 0.15) is 6.04 Å². The van der Waals surface area contributed by atoms with Crippen molar-refractivity contribution in [2.24, 2.45) is 0 Å². The predicted octanol–water partition coefficient (Wildman–Crippen LogP) is 5.79. The van der Waals surface area contributed by atoms with E-state index in [1.165, 1.54) is 0 Å². The minimum absolute atomic E-state index is 0.0757. The van der Waals surface area contributed by atoms with Crippen molar-refractivity contribution in [3.05, 3.63) is 69.7 Å². The van der Waals surface area contributed by atoms with Gasteiger partial charge in [-0.1, -0.05) is 79.4 Å². The molecule has 1 fully saturated rings. The van der Waals surface area contributed by atoms with Crippen LogP contribution in [0.4, 0.5) is 0 Å². The second kappa shape index (κ2) is 11.5. The van der Waals surface area contributed by atoms with Crippen LogP contribution < -0.4 is 5.32 Å². The molecule has 0 heterocycles. The fourth-order valence-corrected chi connectivity index (χ4v) is 4.61. The van der Waals surface area contributed by atoms with E-state index in [0.717, 1.165) is 36.8 Å². The molecule has 166 valence electrons. The fraction of sp³-hybridized carbons (Fsp3) is 0.440. The molecule has 1 N–H and O–H groups in total. The van der Waals surface area contributed by atoms with Crippen LogP contribution in [0.25, 0.3) is 0 Å². The van der Waals surface area contributed by atoms with Gasteiger partial charge in [0, 0.05) is 29.1 Å². The second-order valence-electron chi connectivity index (χ2n) is 8.12. The molecule has 31 heavy (non-hydrogen) atoms. The SMILES string of the molecule is CCC(C(=O)NC1CCCC1)N(Cc1ccccc1Cl)C(=O)CCc1ccccc1Cl. The third kappa shape index (κ3) is 6.47. The number of hydrogen-bond donors (Lipinski definition) is 1. The number of nitrogens with one attached hydrogen (secondary N) is 1. The maximum atomic E-state index is 13.3. The summed E-state index contributed by atoms with van der Waals surface area (Å²) < 4.78 is 0. The molecule has 1 unspecified atom stereocenters. The lowest BCUT2D eigenvalue weighted by atomic mass is 10.1. The van der Waals surface area contributed by atoms with E-state index in [-0.39, 0.29) is 24.3 Å². The summed E-state index contributed by atoms with van der Waals surface area (Å²) in [6.45, 7) is 2.25. The number of halogens is 2. The second-order valence-corrected chi connectivity index (χ2v) is 8.93. The van der Waals surface area contributed by atoms with Gasteiger partial charge in [-0.05, 0) is 48.9 Å². The highest BCUT2D eigenvalue weighted by atomic mass is 35.5. The first-order valence-electron chi connectivity index (χ1n) is 11.1. The van der Waals surface area contributed by atoms with E-state index in [4.69, 9.17) is 23.2 Å². The highest BCUT2D eigenvalue weighted by molar-refractivity contribution is 6.31. The zero-order valence-electron chi connectivity index (χ0n) is 17.9. The summed E-state index contributed by atoms with van der Waals surface area (Å²) in [4.78, 5) is 28.1. The van der Waals surface area contributed by atoms with Crippen molar-refractivity contribution < 1.29 is 9.59 Å². The fourth-order valence-electron chi connectivity index (χ4n) is 4.18. The molecule has 3 rings (SSSR count). The van der Waals surface area contributed by atoms with Crippen LogP contribution in [0.1, 0.15) is 56.6 Å². The largest absolute Gasteiger partial charge is 0.352 e. The molecule has 1 aliphatic carbocycles. The van der Waals surface area contributed by atoms with Crippen LogP contribution in [-0.4, -0.2) is 28.8 Å². The van der Waals surface area contributed by atoms with E-state index in [1.54, 1.807) is 4.90 Å². The van der Waals surface area contributed by atoms with Crippen LogP contribution in [-0.2, 0) is 22.6 Å². The highest BCUT2D eigenvalue weighted by Crippen LogP contribution is 2.23. The average molecular weight is 461 g/mol. The summed E-state index contributed by atoms with van der Waals surface area (Å²) in [5.74, 6) is -0.152. The van der Waals surface area contributed by atoms with Gasteiger partial charge in [0.2, 0.25) is 11.8 Å². The van der Waals surface area contributed by atoms with Crippen LogP contribution in [0.2, 0.25) is 10.0 Å². The van der Waals surface area contributed by atoms with Gasteiger partial charge in [-0.3, -0.25) is 9.59 Å². The van der Waals surface area contributed by atoms with Crippen molar-refractivity contribution >= 4 is 35.0 Å². The smallest absolute Gasteiger partial charge is 0.243 e. The molecule has 0 spiro atoms. The summed E-state index contributed by atoms with van der Waals surface area (Å²) in [6.07, 6.45) is 5.64. The topological polar surface area (TPSA) is 49.4 Å². The lowest BCUT2D eigenvalue weighted by molar-refractivity contribution is -0.141. The molecule has 2 aromatic rings. The van der Waals surface area contributed by atoms with E-state index in [9.17, 15) is 9.59 Å². The third-order valence-corrected chi connectivity index (χ3v) is 6.69. The molecular weight excluding hydrogens is 431 g/mol. The van der Waals surface area contributed by atoms with Gasteiger partial charge in [0.05, 0.1) is 0 Å². The molecule has 6 heteroatoms. The molecule has 4 nitrogen and oxygen atoms in total. The van der Waals surface area contributed by atoms with Gasteiger partial charge < -0.3 is 10.2 Å². The lowest BCUT2D eigenvalue weighted by Gasteiger charge is -2.32. The Morgan fingerprint density at radius 2 is 1.58 bits per heavy atom. The third-order valence-electron chi connectivity index (χ3n) is 5.95. The molecule has 0 bridgehead atoms. The van der Waals surface area contributed by atoms with E-state index in [2.05, 4.69) is 5.32 Å². The molecular formula is C25H30Cl2N2O2. The van der Waals surface area contributed by atoms with Crippen molar-refractivity contribution in [2.75, 3.05) is 0 Å². The van der Waals surface area contributed by atoms with Crippen molar-refractivity contribution in [1.29, 1.82) is 0 Å². The summed E-state index contributed by atoms with van der Waals surface area (Å²) >= 11 is 12.6. The predicted molar refractivity (Wildman–Crippen MR) is 126 cm³/mol. The van der Waals surface area contributed by atoms with Crippen LogP contribution in [0.5, 0.6) is 0 Å². The number of hydrogen-bond acceptors (Lipinski definition) is 2. The number of amides is 2. The van der Waals surface area contributed by atoms with E-state index >= 15 is 0 Å². The Morgan fingerprint density at radius 1 is 1.00 bits per heavy atom. The van der Waals surface area contributed by atoms with Crippen molar-refractivity contribution in [2.45, 2.75) is 70.5 Å². The molecule has 1 atom stereocenters. The number of aryl methyl sites for hydroxylation is 1. The maximum absolute atomic E-state index is 13.3. The molecule has 1 aliphatic rings. The summed E-state index contributed by atoms with van der Waals surface area (Å²) in [6, 6.07) is 14.7. The van der Waals surface area contributed by atoms with Gasteiger partial charge in [-0.2, -0.15) is 0 Å². The number of nitrogens with zero attached hydrogens (tertiary/aromatic N) is 1. The zero-order valence-corrected chi connectivity index (χ0v) is 19.5. The van der Waals surface area contributed by atoms with Crippen LogP contribution in [0.3, 0.4) is 0 Å². The van der Waals surface area contributed by atoms with Gasteiger partial charge in [0.25, 0.3) is 0 Å². The minimum atomic E-state index is -0.532. The standard InChI is InChI=1S/C25H30Cl2N2O2/c1-2-23(25(31)28-20-11-5-6-12-20)29(17-19-10-4-8-14-22(19)27)24(30)16-15-18-9-3-7-13-21(18)26/h3-4,7-10,13-14,20,23H,2,5-6,11-12,15-17H2,1H3,(H,28,31). The highest BCUT2D eigenvalue weighted by Gasteiger charge is 2.30. The Morgan fingerprint density at radius 3 is 2.16 bits per heavy atom.